The van der Waals surface area contributed by atoms with Gasteiger partial charge in [0.2, 0.25) is 5.91 Å². The van der Waals surface area contributed by atoms with Crippen molar-refractivity contribution in [3.8, 4) is 0 Å². The summed E-state index contributed by atoms with van der Waals surface area (Å²) in [5, 5.41) is 2.36. The molecule has 0 saturated carbocycles. The van der Waals surface area contributed by atoms with Gasteiger partial charge in [0, 0.05) is 25.7 Å². The zero-order valence-electron chi connectivity index (χ0n) is 13.0. The van der Waals surface area contributed by atoms with Crippen molar-refractivity contribution in [1.29, 1.82) is 0 Å². The Balaban J connectivity index is 1.86. The van der Waals surface area contributed by atoms with Gasteiger partial charge in [-0.3, -0.25) is 9.69 Å². The number of likely N-dealkylation sites (tertiary alicyclic amines) is 1. The Bertz CT molecular complexity index is 506. The van der Waals surface area contributed by atoms with Crippen LogP contribution in [-0.4, -0.2) is 54.5 Å². The summed E-state index contributed by atoms with van der Waals surface area (Å²) in [6.07, 6.45) is 2.06. The molecule has 1 aliphatic heterocycles. The van der Waals surface area contributed by atoms with Crippen LogP contribution in [0.2, 0.25) is 0 Å². The minimum Gasteiger partial charge on any atom is -0.352 e. The third-order valence-electron chi connectivity index (χ3n) is 4.06. The fraction of sp³-hybridized carbons (Fsp3) is 0.500. The standard InChI is InChI=1S/C16H24N4O2/c1-19(11-13-6-3-2-4-7-13)14-8-5-9-20(12-14)15(21)10-18-16(17)22/h2-4,6-7,14H,5,8-12H2,1H3,(H3,17,18,22)/t14-/m1/s1. The van der Waals surface area contributed by atoms with Crippen molar-refractivity contribution in [2.24, 2.45) is 5.73 Å². The fourth-order valence-electron chi connectivity index (χ4n) is 2.82. The zero-order valence-corrected chi connectivity index (χ0v) is 13.0. The van der Waals surface area contributed by atoms with Crippen molar-refractivity contribution >= 4 is 11.9 Å². The molecule has 1 heterocycles. The van der Waals surface area contributed by atoms with Gasteiger partial charge < -0.3 is 16.0 Å². The summed E-state index contributed by atoms with van der Waals surface area (Å²) in [5.74, 6) is -0.0726. The topological polar surface area (TPSA) is 78.7 Å². The molecule has 0 spiro atoms. The molecule has 3 amide bonds. The van der Waals surface area contributed by atoms with Gasteiger partial charge in [-0.25, -0.2) is 4.79 Å². The van der Waals surface area contributed by atoms with E-state index in [1.807, 2.05) is 23.1 Å². The van der Waals surface area contributed by atoms with E-state index in [1.54, 1.807) is 0 Å². The number of hydrogen-bond donors (Lipinski definition) is 2. The number of amides is 3. The first-order valence-corrected chi connectivity index (χ1v) is 7.61. The van der Waals surface area contributed by atoms with Crippen LogP contribution >= 0.6 is 0 Å². The smallest absolute Gasteiger partial charge is 0.312 e. The number of nitrogens with two attached hydrogens (primary N) is 1. The van der Waals surface area contributed by atoms with E-state index in [2.05, 4.69) is 29.4 Å². The van der Waals surface area contributed by atoms with Crippen molar-refractivity contribution < 1.29 is 9.59 Å². The van der Waals surface area contributed by atoms with Gasteiger partial charge in [0.1, 0.15) is 0 Å². The molecule has 3 N–H and O–H groups in total. The van der Waals surface area contributed by atoms with E-state index in [0.29, 0.717) is 12.6 Å². The lowest BCUT2D eigenvalue weighted by Crippen LogP contribution is -2.51. The van der Waals surface area contributed by atoms with E-state index in [4.69, 9.17) is 5.73 Å². The Morgan fingerprint density at radius 3 is 2.77 bits per heavy atom. The van der Waals surface area contributed by atoms with Crippen molar-refractivity contribution in [3.63, 3.8) is 0 Å². The maximum atomic E-state index is 12.1. The summed E-state index contributed by atoms with van der Waals surface area (Å²) in [7, 11) is 2.09. The minimum atomic E-state index is -0.664. The van der Waals surface area contributed by atoms with E-state index in [1.165, 1.54) is 5.56 Å². The number of primary amides is 1. The van der Waals surface area contributed by atoms with Crippen LogP contribution in [-0.2, 0) is 11.3 Å². The number of piperidine rings is 1. The molecule has 1 aromatic rings. The fourth-order valence-corrected chi connectivity index (χ4v) is 2.82. The molecule has 120 valence electrons. The number of hydrogen-bond acceptors (Lipinski definition) is 3. The van der Waals surface area contributed by atoms with Crippen LogP contribution in [0.5, 0.6) is 0 Å². The number of nitrogens with one attached hydrogen (secondary N) is 1. The molecule has 0 bridgehead atoms. The summed E-state index contributed by atoms with van der Waals surface area (Å²) in [4.78, 5) is 26.9. The molecule has 6 heteroatoms. The molecule has 0 aliphatic carbocycles. The van der Waals surface area contributed by atoms with Crippen LogP contribution in [0.25, 0.3) is 0 Å². The SMILES string of the molecule is CN(Cc1ccccc1)[C@@H]1CCCN(C(=O)CNC(N)=O)C1. The lowest BCUT2D eigenvalue weighted by molar-refractivity contribution is -0.132. The predicted octanol–water partition coefficient (Wildman–Crippen LogP) is 0.778. The molecule has 1 atom stereocenters. The molecular weight excluding hydrogens is 280 g/mol. The second kappa shape index (κ2) is 7.79. The molecule has 0 aromatic heterocycles. The lowest BCUT2D eigenvalue weighted by Gasteiger charge is -2.37. The third kappa shape index (κ3) is 4.73. The molecule has 0 unspecified atom stereocenters. The number of carbonyl (C=O) groups excluding carboxylic acids is 2. The van der Waals surface area contributed by atoms with Crippen LogP contribution in [0.4, 0.5) is 4.79 Å². The van der Waals surface area contributed by atoms with Gasteiger partial charge in [-0.15, -0.1) is 0 Å². The third-order valence-corrected chi connectivity index (χ3v) is 4.06. The molecule has 0 radical (unpaired) electrons. The Hall–Kier alpha value is -2.08. The van der Waals surface area contributed by atoms with Crippen LogP contribution in [0.15, 0.2) is 30.3 Å². The van der Waals surface area contributed by atoms with E-state index in [-0.39, 0.29) is 12.5 Å². The van der Waals surface area contributed by atoms with E-state index < -0.39 is 6.03 Å². The highest BCUT2D eigenvalue weighted by Gasteiger charge is 2.26. The highest BCUT2D eigenvalue weighted by atomic mass is 16.2. The molecule has 6 nitrogen and oxygen atoms in total. The Morgan fingerprint density at radius 2 is 2.09 bits per heavy atom. The number of urea groups is 1. The van der Waals surface area contributed by atoms with E-state index in [9.17, 15) is 9.59 Å². The number of likely N-dealkylation sites (N-methyl/N-ethyl adjacent to an activating group) is 1. The average molecular weight is 304 g/mol. The monoisotopic (exact) mass is 304 g/mol. The number of nitrogens with zero attached hydrogens (tertiary/aromatic N) is 2. The first kappa shape index (κ1) is 16.3. The van der Waals surface area contributed by atoms with Gasteiger partial charge >= 0.3 is 6.03 Å². The summed E-state index contributed by atoms with van der Waals surface area (Å²) in [5.41, 5.74) is 6.27. The van der Waals surface area contributed by atoms with Crippen molar-refractivity contribution in [3.05, 3.63) is 35.9 Å². The molecule has 1 aliphatic rings. The average Bonchev–Trinajstić information content (AvgIpc) is 2.53. The quantitative estimate of drug-likeness (QED) is 0.843. The highest BCUT2D eigenvalue weighted by Crippen LogP contribution is 2.17. The Labute approximate surface area is 131 Å². The molecule has 2 rings (SSSR count). The summed E-state index contributed by atoms with van der Waals surface area (Å²) < 4.78 is 0. The minimum absolute atomic E-state index is 0.0234. The highest BCUT2D eigenvalue weighted by molar-refractivity contribution is 5.83. The van der Waals surface area contributed by atoms with Gasteiger partial charge in [0.05, 0.1) is 6.54 Å². The number of carbonyl (C=O) groups is 2. The van der Waals surface area contributed by atoms with Crippen molar-refractivity contribution in [1.82, 2.24) is 15.1 Å². The Morgan fingerprint density at radius 1 is 1.36 bits per heavy atom. The van der Waals surface area contributed by atoms with Gasteiger partial charge in [0.15, 0.2) is 0 Å². The number of rotatable bonds is 5. The van der Waals surface area contributed by atoms with Crippen LogP contribution in [0, 0.1) is 0 Å². The van der Waals surface area contributed by atoms with Crippen molar-refractivity contribution in [2.75, 3.05) is 26.7 Å². The maximum Gasteiger partial charge on any atom is 0.312 e. The number of benzene rings is 1. The second-order valence-corrected chi connectivity index (χ2v) is 5.75. The van der Waals surface area contributed by atoms with Gasteiger partial charge in [-0.2, -0.15) is 0 Å². The van der Waals surface area contributed by atoms with Crippen LogP contribution in [0.3, 0.4) is 0 Å². The second-order valence-electron chi connectivity index (χ2n) is 5.75. The summed E-state index contributed by atoms with van der Waals surface area (Å²) in [6.45, 7) is 2.29. The molecular formula is C16H24N4O2. The van der Waals surface area contributed by atoms with E-state index in [0.717, 1.165) is 25.9 Å². The van der Waals surface area contributed by atoms with Crippen LogP contribution < -0.4 is 11.1 Å². The summed E-state index contributed by atoms with van der Waals surface area (Å²) in [6, 6.07) is 9.98. The largest absolute Gasteiger partial charge is 0.352 e. The first-order valence-electron chi connectivity index (χ1n) is 7.61. The predicted molar refractivity (Wildman–Crippen MR) is 85.1 cm³/mol. The molecule has 1 fully saturated rings. The maximum absolute atomic E-state index is 12.1. The van der Waals surface area contributed by atoms with Gasteiger partial charge in [-0.1, -0.05) is 30.3 Å². The van der Waals surface area contributed by atoms with Gasteiger partial charge in [-0.05, 0) is 25.5 Å². The molecule has 1 saturated heterocycles. The normalized spacial score (nSPS) is 18.3. The molecule has 22 heavy (non-hydrogen) atoms. The summed E-state index contributed by atoms with van der Waals surface area (Å²) >= 11 is 0. The molecule has 1 aromatic carbocycles. The van der Waals surface area contributed by atoms with Crippen molar-refractivity contribution in [2.45, 2.75) is 25.4 Å². The Kier molecular flexibility index (Phi) is 5.77. The van der Waals surface area contributed by atoms with E-state index >= 15 is 0 Å². The first-order chi connectivity index (χ1) is 10.6. The van der Waals surface area contributed by atoms with Gasteiger partial charge in [0.25, 0.3) is 0 Å². The lowest BCUT2D eigenvalue weighted by atomic mass is 10.0. The van der Waals surface area contributed by atoms with Crippen LogP contribution in [0.1, 0.15) is 18.4 Å². The zero-order chi connectivity index (χ0) is 15.9.